The average Bonchev–Trinajstić information content (AvgIpc) is 2.75. The number of nitrogens with zero attached hydrogens (tertiary/aromatic N) is 1. The average molecular weight is 400 g/mol. The van der Waals surface area contributed by atoms with Crippen LogP contribution in [0.15, 0.2) is 84.9 Å². The number of rotatable bonds is 8. The number of hydrogen-bond donors (Lipinski definition) is 0. The van der Waals surface area contributed by atoms with Gasteiger partial charge in [0.1, 0.15) is 0 Å². The van der Waals surface area contributed by atoms with E-state index in [1.54, 1.807) is 13.0 Å². The molecule has 154 valence electrons. The van der Waals surface area contributed by atoms with Crippen molar-refractivity contribution in [1.29, 1.82) is 0 Å². The van der Waals surface area contributed by atoms with Gasteiger partial charge >= 0.3 is 5.97 Å². The van der Waals surface area contributed by atoms with E-state index >= 15 is 0 Å². The van der Waals surface area contributed by atoms with E-state index in [4.69, 9.17) is 4.74 Å². The smallest absolute Gasteiger partial charge is 0.330 e. The molecular weight excluding hydrogens is 370 g/mol. The highest BCUT2D eigenvalue weighted by molar-refractivity contribution is 5.81. The minimum atomic E-state index is -0.278. The molecular formula is C27H29NO2. The summed E-state index contributed by atoms with van der Waals surface area (Å²) in [5, 5.41) is 0. The zero-order valence-electron chi connectivity index (χ0n) is 18.0. The predicted molar refractivity (Wildman–Crippen MR) is 125 cm³/mol. The number of benzene rings is 3. The van der Waals surface area contributed by atoms with Gasteiger partial charge in [-0.25, -0.2) is 4.79 Å². The number of carbonyl (C=O) groups excluding carboxylic acids is 1. The van der Waals surface area contributed by atoms with Crippen LogP contribution in [0.4, 0.5) is 17.1 Å². The molecule has 0 N–H and O–H groups in total. The van der Waals surface area contributed by atoms with Crippen molar-refractivity contribution in [2.75, 3.05) is 11.5 Å². The highest BCUT2D eigenvalue weighted by Gasteiger charge is 2.12. The number of aryl methyl sites for hydroxylation is 3. The van der Waals surface area contributed by atoms with Crippen molar-refractivity contribution >= 4 is 23.0 Å². The van der Waals surface area contributed by atoms with Gasteiger partial charge in [0.2, 0.25) is 0 Å². The zero-order valence-corrected chi connectivity index (χ0v) is 18.0. The highest BCUT2D eigenvalue weighted by Crippen LogP contribution is 2.34. The Morgan fingerprint density at radius 1 is 0.800 bits per heavy atom. The summed E-state index contributed by atoms with van der Waals surface area (Å²) in [6.45, 7) is 6.44. The van der Waals surface area contributed by atoms with Gasteiger partial charge < -0.3 is 9.64 Å². The molecule has 0 aliphatic carbocycles. The van der Waals surface area contributed by atoms with Crippen LogP contribution in [-0.2, 0) is 16.0 Å². The van der Waals surface area contributed by atoms with Gasteiger partial charge in [0.05, 0.1) is 6.61 Å². The second-order valence-electron chi connectivity index (χ2n) is 7.44. The molecule has 0 spiro atoms. The molecule has 3 rings (SSSR count). The first-order valence-electron chi connectivity index (χ1n) is 10.4. The fourth-order valence-electron chi connectivity index (χ4n) is 3.28. The van der Waals surface area contributed by atoms with Crippen LogP contribution < -0.4 is 4.90 Å². The second-order valence-corrected chi connectivity index (χ2v) is 7.44. The lowest BCUT2D eigenvalue weighted by molar-refractivity contribution is -0.137. The topological polar surface area (TPSA) is 29.5 Å². The quantitative estimate of drug-likeness (QED) is 0.236. The normalized spacial score (nSPS) is 10.9. The SMILES string of the molecule is CC=CC(=O)OCCCc1ccc(N(c2ccc(C)cc2)c2ccc(C)cc2)cc1. The molecule has 0 saturated carbocycles. The molecule has 0 bridgehead atoms. The summed E-state index contributed by atoms with van der Waals surface area (Å²) in [6, 6.07) is 25.8. The maximum Gasteiger partial charge on any atom is 0.330 e. The van der Waals surface area contributed by atoms with Gasteiger partial charge in [-0.05, 0) is 75.6 Å². The van der Waals surface area contributed by atoms with Crippen LogP contribution in [0.1, 0.15) is 30.0 Å². The summed E-state index contributed by atoms with van der Waals surface area (Å²) in [6.07, 6.45) is 4.81. The second kappa shape index (κ2) is 10.4. The van der Waals surface area contributed by atoms with E-state index in [9.17, 15) is 4.79 Å². The zero-order chi connectivity index (χ0) is 21.3. The Morgan fingerprint density at radius 2 is 1.27 bits per heavy atom. The van der Waals surface area contributed by atoms with Gasteiger partial charge in [-0.1, -0.05) is 53.6 Å². The largest absolute Gasteiger partial charge is 0.463 e. The van der Waals surface area contributed by atoms with E-state index in [-0.39, 0.29) is 5.97 Å². The summed E-state index contributed by atoms with van der Waals surface area (Å²) in [5.74, 6) is -0.278. The van der Waals surface area contributed by atoms with E-state index in [0.29, 0.717) is 6.61 Å². The number of hydrogen-bond acceptors (Lipinski definition) is 3. The maximum atomic E-state index is 11.4. The third-order valence-corrected chi connectivity index (χ3v) is 4.94. The summed E-state index contributed by atoms with van der Waals surface area (Å²) in [4.78, 5) is 13.6. The first-order valence-corrected chi connectivity index (χ1v) is 10.4. The minimum Gasteiger partial charge on any atom is -0.463 e. The van der Waals surface area contributed by atoms with E-state index < -0.39 is 0 Å². The van der Waals surface area contributed by atoms with Crippen molar-refractivity contribution in [2.24, 2.45) is 0 Å². The molecule has 3 aromatic carbocycles. The molecule has 3 aromatic rings. The first-order chi connectivity index (χ1) is 14.6. The van der Waals surface area contributed by atoms with Crippen LogP contribution in [-0.4, -0.2) is 12.6 Å². The molecule has 3 nitrogen and oxygen atoms in total. The number of esters is 1. The predicted octanol–water partition coefficient (Wildman–Crippen LogP) is 6.83. The molecule has 30 heavy (non-hydrogen) atoms. The Morgan fingerprint density at radius 3 is 1.73 bits per heavy atom. The molecule has 0 fully saturated rings. The first kappa shape index (κ1) is 21.4. The van der Waals surface area contributed by atoms with Crippen LogP contribution in [0.3, 0.4) is 0 Å². The monoisotopic (exact) mass is 399 g/mol. The van der Waals surface area contributed by atoms with Gasteiger partial charge in [-0.15, -0.1) is 0 Å². The van der Waals surface area contributed by atoms with Crippen LogP contribution in [0.5, 0.6) is 0 Å². The van der Waals surface area contributed by atoms with Crippen LogP contribution in [0.2, 0.25) is 0 Å². The summed E-state index contributed by atoms with van der Waals surface area (Å²) in [5.41, 5.74) is 7.10. The third kappa shape index (κ3) is 5.84. The fraction of sp³-hybridized carbons (Fsp3) is 0.222. The van der Waals surface area contributed by atoms with Crippen LogP contribution >= 0.6 is 0 Å². The minimum absolute atomic E-state index is 0.278. The Labute approximate surface area is 179 Å². The van der Waals surface area contributed by atoms with Crippen molar-refractivity contribution in [2.45, 2.75) is 33.6 Å². The fourth-order valence-corrected chi connectivity index (χ4v) is 3.28. The van der Waals surface area contributed by atoms with Gasteiger partial charge in [0.15, 0.2) is 0 Å². The number of anilines is 3. The lowest BCUT2D eigenvalue weighted by Gasteiger charge is -2.26. The van der Waals surface area contributed by atoms with E-state index in [0.717, 1.165) is 29.9 Å². The van der Waals surface area contributed by atoms with Crippen molar-refractivity contribution in [3.05, 3.63) is 102 Å². The highest BCUT2D eigenvalue weighted by atomic mass is 16.5. The lowest BCUT2D eigenvalue weighted by Crippen LogP contribution is -2.10. The summed E-state index contributed by atoms with van der Waals surface area (Å²) < 4.78 is 5.17. The van der Waals surface area contributed by atoms with E-state index in [2.05, 4.69) is 91.5 Å². The summed E-state index contributed by atoms with van der Waals surface area (Å²) in [7, 11) is 0. The molecule has 0 aliphatic heterocycles. The molecule has 0 atom stereocenters. The molecule has 0 amide bonds. The van der Waals surface area contributed by atoms with Crippen LogP contribution in [0.25, 0.3) is 0 Å². The van der Waals surface area contributed by atoms with Gasteiger partial charge in [0.25, 0.3) is 0 Å². The number of allylic oxidation sites excluding steroid dienone is 1. The molecule has 0 unspecified atom stereocenters. The van der Waals surface area contributed by atoms with Crippen molar-refractivity contribution in [3.63, 3.8) is 0 Å². The van der Waals surface area contributed by atoms with Gasteiger partial charge in [0, 0.05) is 23.1 Å². The Bertz CT molecular complexity index is 925. The molecule has 0 aromatic heterocycles. The van der Waals surface area contributed by atoms with Crippen molar-refractivity contribution < 1.29 is 9.53 Å². The maximum absolute atomic E-state index is 11.4. The van der Waals surface area contributed by atoms with Crippen molar-refractivity contribution in [1.82, 2.24) is 0 Å². The number of carbonyl (C=O) groups is 1. The summed E-state index contributed by atoms with van der Waals surface area (Å²) >= 11 is 0. The van der Waals surface area contributed by atoms with E-state index in [1.165, 1.54) is 22.8 Å². The Hall–Kier alpha value is -3.33. The standard InChI is InChI=1S/C27H29NO2/c1-4-6-27(29)30-20-5-7-23-12-18-26(19-13-23)28(24-14-8-21(2)9-15-24)25-16-10-22(3)11-17-25/h4,6,8-19H,5,7,20H2,1-3H3. The molecule has 3 heteroatoms. The molecule has 0 saturated heterocycles. The lowest BCUT2D eigenvalue weighted by atomic mass is 10.1. The van der Waals surface area contributed by atoms with Crippen LogP contribution in [0, 0.1) is 13.8 Å². The molecule has 0 aliphatic rings. The molecule has 0 radical (unpaired) electrons. The third-order valence-electron chi connectivity index (χ3n) is 4.94. The number of ether oxygens (including phenoxy) is 1. The molecule has 0 heterocycles. The van der Waals surface area contributed by atoms with Gasteiger partial charge in [-0.3, -0.25) is 0 Å². The Kier molecular flexibility index (Phi) is 7.45. The van der Waals surface area contributed by atoms with E-state index in [1.807, 2.05) is 0 Å². The van der Waals surface area contributed by atoms with Gasteiger partial charge in [-0.2, -0.15) is 0 Å². The Balaban J connectivity index is 1.75. The van der Waals surface area contributed by atoms with Crippen molar-refractivity contribution in [3.8, 4) is 0 Å².